The largest absolute Gasteiger partial charge is 0.349 e. The Balaban J connectivity index is 1.94. The number of carbonyl (C=O) groups is 2. The second-order valence-corrected chi connectivity index (χ2v) is 7.51. The predicted octanol–water partition coefficient (Wildman–Crippen LogP) is 3.67. The number of anilines is 1. The smallest absolute Gasteiger partial charge is 0.233 e. The van der Waals surface area contributed by atoms with Gasteiger partial charge in [0.1, 0.15) is 0 Å². The van der Waals surface area contributed by atoms with Crippen LogP contribution in [0, 0.1) is 0 Å². The molecule has 4 nitrogen and oxygen atoms in total. The Bertz CT molecular complexity index is 574. The number of aryl methyl sites for hydroxylation is 1. The standard InChI is InChI=1S/C18H26N2O2S/c1-4-5-10-23-13(3)18(22)19-12(2)14-6-8-16-15(11-14)7-9-17(21)20-16/h6,8,11-13H,4-5,7,9-10H2,1-3H3,(H,19,22)(H,20,21)/t12-,13+/m1/s1. The van der Waals surface area contributed by atoms with Gasteiger partial charge in [-0.15, -0.1) is 11.8 Å². The summed E-state index contributed by atoms with van der Waals surface area (Å²) in [6.45, 7) is 6.13. The minimum atomic E-state index is -0.0281. The molecule has 0 radical (unpaired) electrons. The van der Waals surface area contributed by atoms with E-state index in [-0.39, 0.29) is 23.1 Å². The number of hydrogen-bond donors (Lipinski definition) is 2. The number of rotatable bonds is 7. The molecule has 1 aliphatic rings. The Labute approximate surface area is 142 Å². The van der Waals surface area contributed by atoms with Crippen LogP contribution in [0.5, 0.6) is 0 Å². The molecule has 23 heavy (non-hydrogen) atoms. The Hall–Kier alpha value is -1.49. The first-order chi connectivity index (χ1) is 11.0. The van der Waals surface area contributed by atoms with Gasteiger partial charge in [-0.2, -0.15) is 0 Å². The van der Waals surface area contributed by atoms with E-state index in [4.69, 9.17) is 0 Å². The third-order valence-corrected chi connectivity index (χ3v) is 5.36. The second-order valence-electron chi connectivity index (χ2n) is 6.06. The van der Waals surface area contributed by atoms with Gasteiger partial charge in [-0.25, -0.2) is 0 Å². The topological polar surface area (TPSA) is 58.2 Å². The van der Waals surface area contributed by atoms with E-state index in [2.05, 4.69) is 23.6 Å². The molecule has 126 valence electrons. The van der Waals surface area contributed by atoms with Crippen molar-refractivity contribution in [3.63, 3.8) is 0 Å². The maximum atomic E-state index is 12.3. The van der Waals surface area contributed by atoms with Gasteiger partial charge in [-0.1, -0.05) is 25.5 Å². The van der Waals surface area contributed by atoms with Crippen LogP contribution in [0.4, 0.5) is 5.69 Å². The molecule has 0 unspecified atom stereocenters. The third kappa shape index (κ3) is 4.99. The molecule has 1 aromatic rings. The van der Waals surface area contributed by atoms with Crippen molar-refractivity contribution < 1.29 is 9.59 Å². The van der Waals surface area contributed by atoms with Gasteiger partial charge in [0.2, 0.25) is 11.8 Å². The van der Waals surface area contributed by atoms with Crippen LogP contribution in [-0.2, 0) is 16.0 Å². The van der Waals surface area contributed by atoms with Gasteiger partial charge >= 0.3 is 0 Å². The highest BCUT2D eigenvalue weighted by molar-refractivity contribution is 8.00. The number of carbonyl (C=O) groups excluding carboxylic acids is 2. The summed E-state index contributed by atoms with van der Waals surface area (Å²) < 4.78 is 0. The molecular formula is C18H26N2O2S. The first kappa shape index (κ1) is 17.9. The molecule has 0 aliphatic carbocycles. The van der Waals surface area contributed by atoms with Crippen LogP contribution >= 0.6 is 11.8 Å². The van der Waals surface area contributed by atoms with E-state index in [1.807, 2.05) is 26.0 Å². The highest BCUT2D eigenvalue weighted by Crippen LogP contribution is 2.26. The molecule has 0 fully saturated rings. The minimum absolute atomic E-state index is 0.0269. The molecule has 2 atom stereocenters. The molecule has 0 saturated carbocycles. The van der Waals surface area contributed by atoms with Gasteiger partial charge in [0.25, 0.3) is 0 Å². The van der Waals surface area contributed by atoms with Crippen LogP contribution in [0.3, 0.4) is 0 Å². The summed E-state index contributed by atoms with van der Waals surface area (Å²) in [4.78, 5) is 23.7. The van der Waals surface area contributed by atoms with E-state index in [0.29, 0.717) is 6.42 Å². The first-order valence-corrected chi connectivity index (χ1v) is 9.40. The molecule has 2 rings (SSSR count). The molecule has 2 amide bonds. The highest BCUT2D eigenvalue weighted by atomic mass is 32.2. The van der Waals surface area contributed by atoms with Crippen molar-refractivity contribution in [1.82, 2.24) is 5.32 Å². The summed E-state index contributed by atoms with van der Waals surface area (Å²) in [7, 11) is 0. The Kier molecular flexibility index (Phi) is 6.51. The molecule has 1 aliphatic heterocycles. The lowest BCUT2D eigenvalue weighted by Gasteiger charge is -2.21. The zero-order valence-electron chi connectivity index (χ0n) is 14.1. The lowest BCUT2D eigenvalue weighted by Crippen LogP contribution is -2.33. The van der Waals surface area contributed by atoms with Gasteiger partial charge in [0, 0.05) is 12.1 Å². The van der Waals surface area contributed by atoms with Crippen LogP contribution in [0.15, 0.2) is 18.2 Å². The number of fused-ring (bicyclic) bond motifs is 1. The van der Waals surface area contributed by atoms with Crippen LogP contribution in [0.25, 0.3) is 0 Å². The van der Waals surface area contributed by atoms with E-state index in [1.54, 1.807) is 11.8 Å². The summed E-state index contributed by atoms with van der Waals surface area (Å²) in [5.41, 5.74) is 3.12. The van der Waals surface area contributed by atoms with E-state index >= 15 is 0 Å². The molecule has 1 heterocycles. The molecule has 1 aromatic carbocycles. The average Bonchev–Trinajstić information content (AvgIpc) is 2.54. The molecule has 0 aromatic heterocycles. The van der Waals surface area contributed by atoms with Crippen LogP contribution in [0.1, 0.15) is 57.2 Å². The van der Waals surface area contributed by atoms with E-state index in [9.17, 15) is 9.59 Å². The van der Waals surface area contributed by atoms with Gasteiger partial charge < -0.3 is 10.6 Å². The zero-order valence-corrected chi connectivity index (χ0v) is 15.0. The van der Waals surface area contributed by atoms with E-state index < -0.39 is 0 Å². The summed E-state index contributed by atoms with van der Waals surface area (Å²) in [6.07, 6.45) is 3.60. The first-order valence-electron chi connectivity index (χ1n) is 8.36. The summed E-state index contributed by atoms with van der Waals surface area (Å²) in [5.74, 6) is 1.19. The fourth-order valence-electron chi connectivity index (χ4n) is 2.57. The van der Waals surface area contributed by atoms with E-state index in [0.717, 1.165) is 41.8 Å². The van der Waals surface area contributed by atoms with Gasteiger partial charge in [-0.3, -0.25) is 9.59 Å². The highest BCUT2D eigenvalue weighted by Gasteiger charge is 2.19. The minimum Gasteiger partial charge on any atom is -0.349 e. The summed E-state index contributed by atoms with van der Waals surface area (Å²) in [6, 6.07) is 5.97. The number of hydrogen-bond acceptors (Lipinski definition) is 3. The third-order valence-electron chi connectivity index (χ3n) is 4.12. The molecule has 2 N–H and O–H groups in total. The molecule has 0 saturated heterocycles. The molecule has 0 bridgehead atoms. The van der Waals surface area contributed by atoms with Crippen molar-refractivity contribution in [2.45, 2.75) is 57.7 Å². The number of thioether (sulfide) groups is 1. The maximum Gasteiger partial charge on any atom is 0.233 e. The van der Waals surface area contributed by atoms with Crippen LogP contribution in [0.2, 0.25) is 0 Å². The predicted molar refractivity (Wildman–Crippen MR) is 96.8 cm³/mol. The number of nitrogens with one attached hydrogen (secondary N) is 2. The average molecular weight is 334 g/mol. The molecule has 0 spiro atoms. The summed E-state index contributed by atoms with van der Waals surface area (Å²) in [5, 5.41) is 5.95. The maximum absolute atomic E-state index is 12.3. The lowest BCUT2D eigenvalue weighted by atomic mass is 9.98. The normalized spacial score (nSPS) is 16.2. The van der Waals surface area contributed by atoms with Crippen molar-refractivity contribution in [1.29, 1.82) is 0 Å². The quantitative estimate of drug-likeness (QED) is 0.748. The van der Waals surface area contributed by atoms with Gasteiger partial charge in [-0.05, 0) is 49.6 Å². The van der Waals surface area contributed by atoms with Crippen molar-refractivity contribution in [2.75, 3.05) is 11.1 Å². The number of benzene rings is 1. The molecule has 5 heteroatoms. The van der Waals surface area contributed by atoms with Crippen molar-refractivity contribution in [3.05, 3.63) is 29.3 Å². The fourth-order valence-corrected chi connectivity index (χ4v) is 3.60. The Morgan fingerprint density at radius 3 is 2.87 bits per heavy atom. The molecular weight excluding hydrogens is 308 g/mol. The second kappa shape index (κ2) is 8.39. The van der Waals surface area contributed by atoms with Crippen LogP contribution in [-0.4, -0.2) is 22.8 Å². The van der Waals surface area contributed by atoms with Crippen molar-refractivity contribution in [2.24, 2.45) is 0 Å². The number of amides is 2. The monoisotopic (exact) mass is 334 g/mol. The number of unbranched alkanes of at least 4 members (excludes halogenated alkanes) is 1. The SMILES string of the molecule is CCCCS[C@@H](C)C(=O)N[C@H](C)c1ccc2c(c1)CCC(=O)N2. The van der Waals surface area contributed by atoms with Crippen molar-refractivity contribution in [3.8, 4) is 0 Å². The van der Waals surface area contributed by atoms with E-state index in [1.165, 1.54) is 0 Å². The van der Waals surface area contributed by atoms with Gasteiger partial charge in [0.15, 0.2) is 0 Å². The lowest BCUT2D eigenvalue weighted by molar-refractivity contribution is -0.121. The van der Waals surface area contributed by atoms with Crippen LogP contribution < -0.4 is 10.6 Å². The Morgan fingerprint density at radius 1 is 1.35 bits per heavy atom. The fraction of sp³-hybridized carbons (Fsp3) is 0.556. The Morgan fingerprint density at radius 2 is 2.13 bits per heavy atom. The summed E-state index contributed by atoms with van der Waals surface area (Å²) >= 11 is 1.71. The zero-order chi connectivity index (χ0) is 16.8. The van der Waals surface area contributed by atoms with Gasteiger partial charge in [0.05, 0.1) is 11.3 Å². The van der Waals surface area contributed by atoms with Crippen molar-refractivity contribution >= 4 is 29.3 Å².